The van der Waals surface area contributed by atoms with Crippen LogP contribution in [0, 0.1) is 24.2 Å². The number of carbonyl (C=O) groups excluding carboxylic acids is 1. The third-order valence-electron chi connectivity index (χ3n) is 6.13. The number of carbonyl (C=O) groups is 1. The Morgan fingerprint density at radius 2 is 2.00 bits per heavy atom. The zero-order chi connectivity index (χ0) is 25.9. The molecular weight excluding hydrogens is 480 g/mol. The molecule has 0 radical (unpaired) electrons. The number of sulfone groups is 1. The second kappa shape index (κ2) is 10.3. The van der Waals surface area contributed by atoms with Crippen LogP contribution in [0.4, 0.5) is 5.82 Å². The van der Waals surface area contributed by atoms with Gasteiger partial charge >= 0.3 is 5.97 Å². The molecule has 0 N–H and O–H groups in total. The van der Waals surface area contributed by atoms with Crippen LogP contribution in [0.1, 0.15) is 30.9 Å². The van der Waals surface area contributed by atoms with Crippen LogP contribution in [0.5, 0.6) is 0 Å². The molecule has 4 rings (SSSR count). The van der Waals surface area contributed by atoms with E-state index < -0.39 is 26.2 Å². The highest BCUT2D eigenvalue weighted by molar-refractivity contribution is 7.95. The Balaban J connectivity index is 1.92. The number of hydrogen-bond acceptors (Lipinski definition) is 8. The van der Waals surface area contributed by atoms with Crippen LogP contribution in [0.25, 0.3) is 11.7 Å². The van der Waals surface area contributed by atoms with E-state index in [-0.39, 0.29) is 35.4 Å². The second-order valence-corrected chi connectivity index (χ2v) is 10.4. The predicted molar refractivity (Wildman–Crippen MR) is 135 cm³/mol. The summed E-state index contributed by atoms with van der Waals surface area (Å²) in [5.74, 6) is -0.493. The maximum Gasteiger partial charge on any atom is 0.310 e. The zero-order valence-corrected chi connectivity index (χ0v) is 20.9. The van der Waals surface area contributed by atoms with E-state index in [1.165, 1.54) is 16.5 Å². The van der Waals surface area contributed by atoms with Crippen LogP contribution in [-0.4, -0.2) is 43.5 Å². The Morgan fingerprint density at radius 3 is 2.69 bits per heavy atom. The number of piperidine rings is 1. The number of nitrogens with zero attached hydrogens (tertiary/aromatic N) is 4. The summed E-state index contributed by atoms with van der Waals surface area (Å²) in [5, 5.41) is 9.81. The van der Waals surface area contributed by atoms with E-state index in [2.05, 4.69) is 0 Å². The lowest BCUT2D eigenvalue weighted by atomic mass is 9.98. The lowest BCUT2D eigenvalue weighted by molar-refractivity contribution is -0.148. The highest BCUT2D eigenvalue weighted by Gasteiger charge is 2.30. The molecule has 3 heterocycles. The Labute approximate surface area is 209 Å². The fourth-order valence-electron chi connectivity index (χ4n) is 4.32. The van der Waals surface area contributed by atoms with Crippen molar-refractivity contribution in [2.75, 3.05) is 24.6 Å². The molecule has 1 aliphatic heterocycles. The smallest absolute Gasteiger partial charge is 0.310 e. The molecule has 2 aromatic heterocycles. The molecule has 1 atom stereocenters. The van der Waals surface area contributed by atoms with Crippen molar-refractivity contribution in [3.8, 4) is 6.07 Å². The van der Waals surface area contributed by atoms with Crippen molar-refractivity contribution >= 4 is 33.3 Å². The summed E-state index contributed by atoms with van der Waals surface area (Å²) in [6.45, 7) is 4.60. The normalized spacial score (nSPS) is 16.5. The summed E-state index contributed by atoms with van der Waals surface area (Å²) in [4.78, 5) is 32.0. The van der Waals surface area contributed by atoms with Gasteiger partial charge < -0.3 is 9.64 Å². The molecule has 0 amide bonds. The number of aromatic nitrogens is 2. The van der Waals surface area contributed by atoms with Gasteiger partial charge in [0.05, 0.1) is 23.0 Å². The van der Waals surface area contributed by atoms with Crippen LogP contribution in [-0.2, 0) is 19.4 Å². The minimum Gasteiger partial charge on any atom is -0.466 e. The van der Waals surface area contributed by atoms with Crippen molar-refractivity contribution in [2.45, 2.75) is 31.6 Å². The van der Waals surface area contributed by atoms with Crippen LogP contribution in [0.3, 0.4) is 0 Å². The SMILES string of the molecule is CCOC(=O)C1CCCN(c2nc3c(C)cccn3c(=O)c2C=C(C#N)S(=O)(=O)c2ccccc2)C1. The monoisotopic (exact) mass is 506 g/mol. The highest BCUT2D eigenvalue weighted by atomic mass is 32.2. The van der Waals surface area contributed by atoms with Crippen molar-refractivity contribution in [1.82, 2.24) is 9.38 Å². The van der Waals surface area contributed by atoms with Crippen LogP contribution in [0.15, 0.2) is 63.3 Å². The molecule has 1 aliphatic rings. The molecule has 1 saturated heterocycles. The fourth-order valence-corrected chi connectivity index (χ4v) is 5.48. The van der Waals surface area contributed by atoms with Gasteiger partial charge in [-0.15, -0.1) is 0 Å². The molecule has 186 valence electrons. The largest absolute Gasteiger partial charge is 0.466 e. The lowest BCUT2D eigenvalue weighted by Crippen LogP contribution is -2.41. The van der Waals surface area contributed by atoms with Crippen molar-refractivity contribution < 1.29 is 17.9 Å². The molecule has 1 fully saturated rings. The van der Waals surface area contributed by atoms with Crippen LogP contribution < -0.4 is 10.5 Å². The predicted octanol–water partition coefficient (Wildman–Crippen LogP) is 3.12. The van der Waals surface area contributed by atoms with Gasteiger partial charge in [-0.2, -0.15) is 5.26 Å². The molecule has 10 heteroatoms. The molecule has 1 unspecified atom stereocenters. The van der Waals surface area contributed by atoms with E-state index in [0.29, 0.717) is 25.0 Å². The third kappa shape index (κ3) is 4.75. The van der Waals surface area contributed by atoms with Gasteiger partial charge in [0.2, 0.25) is 9.84 Å². The van der Waals surface area contributed by atoms with Gasteiger partial charge in [0, 0.05) is 19.3 Å². The molecule has 0 aliphatic carbocycles. The lowest BCUT2D eigenvalue weighted by Gasteiger charge is -2.33. The van der Waals surface area contributed by atoms with Gasteiger partial charge in [0.15, 0.2) is 0 Å². The average molecular weight is 507 g/mol. The zero-order valence-electron chi connectivity index (χ0n) is 20.0. The van der Waals surface area contributed by atoms with E-state index in [0.717, 1.165) is 11.6 Å². The Hall–Kier alpha value is -3.97. The molecule has 36 heavy (non-hydrogen) atoms. The number of pyridine rings is 1. The maximum absolute atomic E-state index is 13.6. The van der Waals surface area contributed by atoms with E-state index in [1.807, 2.05) is 13.0 Å². The third-order valence-corrected chi connectivity index (χ3v) is 7.81. The van der Waals surface area contributed by atoms with Gasteiger partial charge in [-0.25, -0.2) is 13.4 Å². The molecule has 0 bridgehead atoms. The summed E-state index contributed by atoms with van der Waals surface area (Å²) in [5.41, 5.74) is 0.631. The van der Waals surface area contributed by atoms with E-state index in [4.69, 9.17) is 9.72 Å². The summed E-state index contributed by atoms with van der Waals surface area (Å²) in [7, 11) is -4.18. The van der Waals surface area contributed by atoms with Crippen LogP contribution >= 0.6 is 0 Å². The first-order chi connectivity index (χ1) is 17.3. The molecule has 1 aromatic carbocycles. The second-order valence-electron chi connectivity index (χ2n) is 8.51. The Morgan fingerprint density at radius 1 is 1.25 bits per heavy atom. The van der Waals surface area contributed by atoms with Gasteiger partial charge in [-0.05, 0) is 56.5 Å². The van der Waals surface area contributed by atoms with E-state index in [9.17, 15) is 23.3 Å². The maximum atomic E-state index is 13.6. The highest BCUT2D eigenvalue weighted by Crippen LogP contribution is 2.28. The summed E-state index contributed by atoms with van der Waals surface area (Å²) < 4.78 is 32.9. The Bertz CT molecular complexity index is 1540. The van der Waals surface area contributed by atoms with Crippen LogP contribution in [0.2, 0.25) is 0 Å². The number of ether oxygens (including phenoxy) is 1. The minimum absolute atomic E-state index is 0.0290. The number of benzene rings is 1. The number of aryl methyl sites for hydroxylation is 1. The van der Waals surface area contributed by atoms with E-state index in [1.54, 1.807) is 48.4 Å². The molecule has 9 nitrogen and oxygen atoms in total. The fraction of sp³-hybridized carbons (Fsp3) is 0.308. The number of esters is 1. The number of rotatable bonds is 6. The average Bonchev–Trinajstić information content (AvgIpc) is 2.89. The minimum atomic E-state index is -4.18. The number of hydrogen-bond donors (Lipinski definition) is 0. The molecule has 0 saturated carbocycles. The van der Waals surface area contributed by atoms with Crippen molar-refractivity contribution in [2.24, 2.45) is 5.92 Å². The first-order valence-corrected chi connectivity index (χ1v) is 13.1. The van der Waals surface area contributed by atoms with Gasteiger partial charge in [0.25, 0.3) is 5.56 Å². The molecular formula is C26H26N4O5S. The van der Waals surface area contributed by atoms with Gasteiger partial charge in [-0.3, -0.25) is 14.0 Å². The number of allylic oxidation sites excluding steroid dienone is 1. The molecule has 0 spiro atoms. The van der Waals surface area contributed by atoms with Gasteiger partial charge in [-0.1, -0.05) is 24.3 Å². The van der Waals surface area contributed by atoms with Crippen molar-refractivity contribution in [1.29, 1.82) is 5.26 Å². The van der Waals surface area contributed by atoms with Gasteiger partial charge in [0.1, 0.15) is 22.4 Å². The topological polar surface area (TPSA) is 122 Å². The first kappa shape index (κ1) is 25.1. The number of nitriles is 1. The van der Waals surface area contributed by atoms with E-state index >= 15 is 0 Å². The first-order valence-electron chi connectivity index (χ1n) is 11.6. The Kier molecular flexibility index (Phi) is 7.22. The number of fused-ring (bicyclic) bond motifs is 1. The summed E-state index contributed by atoms with van der Waals surface area (Å²) >= 11 is 0. The molecule has 3 aromatic rings. The quantitative estimate of drug-likeness (QED) is 0.369. The summed E-state index contributed by atoms with van der Waals surface area (Å²) in [6.07, 6.45) is 3.94. The number of anilines is 1. The van der Waals surface area contributed by atoms with Crippen molar-refractivity contribution in [3.63, 3.8) is 0 Å². The summed E-state index contributed by atoms with van der Waals surface area (Å²) in [6, 6.07) is 12.9. The van der Waals surface area contributed by atoms with Crippen molar-refractivity contribution in [3.05, 3.63) is 75.0 Å². The standard InChI is InChI=1S/C26H26N4O5S/c1-3-35-26(32)19-10-8-13-29(17-19)24-22(25(31)30-14-7-9-18(2)23(30)28-24)15-21(16-27)36(33,34)20-11-5-4-6-12-20/h4-7,9,11-12,14-15,19H,3,8,10,13,17H2,1-2H3.